The molecule has 0 amide bonds. The molecule has 1 heterocycles. The minimum atomic E-state index is 0.257. The number of nitrogens with zero attached hydrogens (tertiary/aromatic N) is 2. The first-order chi connectivity index (χ1) is 13.9. The van der Waals surface area contributed by atoms with Crippen molar-refractivity contribution in [2.24, 2.45) is 0 Å². The molecule has 0 saturated carbocycles. The quantitative estimate of drug-likeness (QED) is 0.397. The summed E-state index contributed by atoms with van der Waals surface area (Å²) in [7, 11) is 0. The Morgan fingerprint density at radius 3 is 2.45 bits per heavy atom. The van der Waals surface area contributed by atoms with Crippen LogP contribution in [-0.2, 0) is 13.2 Å². The van der Waals surface area contributed by atoms with Crippen molar-refractivity contribution in [3.05, 3.63) is 67.1 Å². The minimum Gasteiger partial charge on any atom is -0.490 e. The molecule has 2 aromatic carbocycles. The molecule has 10 heteroatoms. The second kappa shape index (κ2) is 9.71. The second-order valence-electron chi connectivity index (χ2n) is 6.09. The molecule has 0 unspecified atom stereocenters. The maximum Gasteiger partial charge on any atom is 0.214 e. The van der Waals surface area contributed by atoms with Crippen molar-refractivity contribution in [3.63, 3.8) is 0 Å². The van der Waals surface area contributed by atoms with Crippen LogP contribution in [0.1, 0.15) is 23.9 Å². The Kier molecular flexibility index (Phi) is 7.29. The summed E-state index contributed by atoms with van der Waals surface area (Å²) in [6.45, 7) is 4.91. The highest BCUT2D eigenvalue weighted by Gasteiger charge is 2.13. The highest BCUT2D eigenvalue weighted by atomic mass is 35.5. The first-order valence-electron chi connectivity index (χ1n) is 8.79. The van der Waals surface area contributed by atoms with Gasteiger partial charge >= 0.3 is 0 Å². The maximum atomic E-state index is 6.48. The van der Waals surface area contributed by atoms with Crippen molar-refractivity contribution < 1.29 is 9.47 Å². The number of ether oxygens (including phenoxy) is 2. The van der Waals surface area contributed by atoms with Gasteiger partial charge in [0.05, 0.1) is 13.2 Å². The predicted octanol–water partition coefficient (Wildman–Crippen LogP) is 5.93. The molecule has 0 saturated heterocycles. The van der Waals surface area contributed by atoms with E-state index in [9.17, 15) is 0 Å². The number of benzene rings is 2. The highest BCUT2D eigenvalue weighted by Crippen LogP contribution is 2.35. The number of H-pyrrole nitrogens is 1. The zero-order valence-electron chi connectivity index (χ0n) is 15.8. The Hall–Kier alpha value is -1.93. The van der Waals surface area contributed by atoms with E-state index in [0.717, 1.165) is 17.0 Å². The Labute approximate surface area is 188 Å². The molecule has 0 atom stereocenters. The Balaban J connectivity index is 1.79. The first-order valence-corrected chi connectivity index (χ1v) is 10.3. The number of halogens is 3. The Morgan fingerprint density at radius 2 is 1.79 bits per heavy atom. The molecule has 0 aliphatic carbocycles. The average Bonchev–Trinajstić information content (AvgIpc) is 2.99. The minimum absolute atomic E-state index is 0.257. The van der Waals surface area contributed by atoms with Gasteiger partial charge in [0.25, 0.3) is 0 Å². The SMILES string of the molecule is CCOc1cc(CNn2c(C)n[nH]c2=S)c(Cl)cc1OCc1ccc(Cl)cc1Cl. The molecule has 0 spiro atoms. The predicted molar refractivity (Wildman–Crippen MR) is 119 cm³/mol. The molecule has 6 nitrogen and oxygen atoms in total. The van der Waals surface area contributed by atoms with Crippen LogP contribution in [0, 0.1) is 11.7 Å². The third-order valence-corrected chi connectivity index (χ3v) is 5.29. The van der Waals surface area contributed by atoms with Crippen molar-refractivity contribution in [1.82, 2.24) is 14.9 Å². The summed E-state index contributed by atoms with van der Waals surface area (Å²) in [6.07, 6.45) is 0. The molecule has 2 N–H and O–H groups in total. The fraction of sp³-hybridized carbons (Fsp3) is 0.263. The summed E-state index contributed by atoms with van der Waals surface area (Å²) >= 11 is 23.8. The van der Waals surface area contributed by atoms with E-state index in [1.165, 1.54) is 0 Å². The molecular formula is C19H19Cl3N4O2S. The van der Waals surface area contributed by atoms with Gasteiger partial charge in [0, 0.05) is 26.7 Å². The van der Waals surface area contributed by atoms with Crippen LogP contribution in [0.4, 0.5) is 0 Å². The monoisotopic (exact) mass is 472 g/mol. The third-order valence-electron chi connectivity index (χ3n) is 4.08. The largest absolute Gasteiger partial charge is 0.490 e. The van der Waals surface area contributed by atoms with E-state index < -0.39 is 0 Å². The summed E-state index contributed by atoms with van der Waals surface area (Å²) in [5.41, 5.74) is 4.82. The molecular weight excluding hydrogens is 455 g/mol. The zero-order valence-corrected chi connectivity index (χ0v) is 18.8. The van der Waals surface area contributed by atoms with Gasteiger partial charge in [-0.1, -0.05) is 40.9 Å². The van der Waals surface area contributed by atoms with Gasteiger partial charge in [-0.05, 0) is 49.8 Å². The molecule has 3 rings (SSSR count). The standard InChI is InChI=1S/C19H19Cl3N4O2S/c1-3-27-17-6-13(9-23-26-11(2)24-25-19(26)29)16(22)8-18(17)28-10-12-4-5-14(20)7-15(12)21/h4-8,23H,3,9-10H2,1-2H3,(H,25,29). The molecule has 0 fully saturated rings. The summed E-state index contributed by atoms with van der Waals surface area (Å²) < 4.78 is 13.8. The van der Waals surface area contributed by atoms with Gasteiger partial charge in [-0.25, -0.2) is 4.68 Å². The van der Waals surface area contributed by atoms with E-state index in [-0.39, 0.29) is 6.61 Å². The lowest BCUT2D eigenvalue weighted by atomic mass is 10.2. The van der Waals surface area contributed by atoms with E-state index in [2.05, 4.69) is 15.6 Å². The summed E-state index contributed by atoms with van der Waals surface area (Å²) in [6, 6.07) is 8.84. The fourth-order valence-electron chi connectivity index (χ4n) is 2.61. The number of nitrogens with one attached hydrogen (secondary N) is 2. The van der Waals surface area contributed by atoms with Gasteiger partial charge in [0.1, 0.15) is 12.4 Å². The Bertz CT molecular complexity index is 1070. The van der Waals surface area contributed by atoms with Crippen molar-refractivity contribution >= 4 is 47.0 Å². The number of hydrogen-bond acceptors (Lipinski definition) is 5. The smallest absolute Gasteiger partial charge is 0.214 e. The molecule has 0 aliphatic heterocycles. The van der Waals surface area contributed by atoms with E-state index in [0.29, 0.717) is 44.5 Å². The second-order valence-corrected chi connectivity index (χ2v) is 7.73. The van der Waals surface area contributed by atoms with Crippen LogP contribution in [-0.4, -0.2) is 21.5 Å². The van der Waals surface area contributed by atoms with Crippen molar-refractivity contribution in [2.45, 2.75) is 27.0 Å². The van der Waals surface area contributed by atoms with Crippen LogP contribution in [0.25, 0.3) is 0 Å². The lowest BCUT2D eigenvalue weighted by molar-refractivity contribution is 0.269. The van der Waals surface area contributed by atoms with E-state index in [1.807, 2.05) is 26.0 Å². The molecule has 0 aliphatic rings. The van der Waals surface area contributed by atoms with Gasteiger partial charge in [0.2, 0.25) is 4.77 Å². The number of aryl methyl sites for hydroxylation is 1. The molecule has 0 radical (unpaired) electrons. The van der Waals surface area contributed by atoms with E-state index in [4.69, 9.17) is 56.5 Å². The lowest BCUT2D eigenvalue weighted by Gasteiger charge is -2.16. The summed E-state index contributed by atoms with van der Waals surface area (Å²) in [5.74, 6) is 1.84. The normalized spacial score (nSPS) is 10.8. The molecule has 0 bridgehead atoms. The molecule has 3 aromatic rings. The molecule has 29 heavy (non-hydrogen) atoms. The van der Waals surface area contributed by atoms with Crippen molar-refractivity contribution in [3.8, 4) is 11.5 Å². The highest BCUT2D eigenvalue weighted by molar-refractivity contribution is 7.71. The van der Waals surface area contributed by atoms with Gasteiger partial charge in [-0.15, -0.1) is 0 Å². The van der Waals surface area contributed by atoms with Crippen LogP contribution in [0.15, 0.2) is 30.3 Å². The van der Waals surface area contributed by atoms with Gasteiger partial charge in [-0.3, -0.25) is 5.10 Å². The third kappa shape index (κ3) is 5.36. The van der Waals surface area contributed by atoms with Crippen LogP contribution in [0.2, 0.25) is 15.1 Å². The maximum absolute atomic E-state index is 6.48. The number of aromatic amines is 1. The topological polar surface area (TPSA) is 64.1 Å². The summed E-state index contributed by atoms with van der Waals surface area (Å²) in [4.78, 5) is 0. The lowest BCUT2D eigenvalue weighted by Crippen LogP contribution is -2.16. The average molecular weight is 474 g/mol. The number of aromatic nitrogens is 3. The number of hydrogen-bond donors (Lipinski definition) is 2. The van der Waals surface area contributed by atoms with Crippen LogP contribution >= 0.6 is 47.0 Å². The molecule has 1 aromatic heterocycles. The van der Waals surface area contributed by atoms with E-state index in [1.54, 1.807) is 22.9 Å². The number of rotatable bonds is 8. The van der Waals surface area contributed by atoms with Crippen molar-refractivity contribution in [1.29, 1.82) is 0 Å². The van der Waals surface area contributed by atoms with Gasteiger partial charge in [0.15, 0.2) is 11.5 Å². The first kappa shape index (κ1) is 21.8. The molecule has 154 valence electrons. The zero-order chi connectivity index (χ0) is 21.0. The summed E-state index contributed by atoms with van der Waals surface area (Å²) in [5, 5.41) is 8.43. The van der Waals surface area contributed by atoms with Crippen LogP contribution in [0.5, 0.6) is 11.5 Å². The van der Waals surface area contributed by atoms with Crippen molar-refractivity contribution in [2.75, 3.05) is 12.0 Å². The fourth-order valence-corrected chi connectivity index (χ4v) is 3.54. The van der Waals surface area contributed by atoms with E-state index >= 15 is 0 Å². The van der Waals surface area contributed by atoms with Gasteiger partial charge < -0.3 is 14.9 Å². The Morgan fingerprint density at radius 1 is 1.07 bits per heavy atom. The van der Waals surface area contributed by atoms with Crippen LogP contribution in [0.3, 0.4) is 0 Å². The van der Waals surface area contributed by atoms with Crippen LogP contribution < -0.4 is 14.9 Å². The van der Waals surface area contributed by atoms with Gasteiger partial charge in [-0.2, -0.15) is 5.10 Å².